The summed E-state index contributed by atoms with van der Waals surface area (Å²) in [5, 5.41) is 0. The van der Waals surface area contributed by atoms with Gasteiger partial charge in [0.15, 0.2) is 0 Å². The third-order valence-electron chi connectivity index (χ3n) is 4.04. The topological polar surface area (TPSA) is 138 Å². The second-order valence-corrected chi connectivity index (χ2v) is 8.64. The number of ether oxygens (including phenoxy) is 1. The molecule has 2 aromatic rings. The Morgan fingerprint density at radius 1 is 1.04 bits per heavy atom. The lowest BCUT2D eigenvalue weighted by molar-refractivity contribution is 0.170. The van der Waals surface area contributed by atoms with Crippen molar-refractivity contribution in [3.63, 3.8) is 0 Å². The molecule has 138 valence electrons. The largest absolute Gasteiger partial charge is 0.744 e. The Hall–Kier alpha value is -1.98. The van der Waals surface area contributed by atoms with Gasteiger partial charge >= 0.3 is 5.43 Å². The smallest absolute Gasteiger partial charge is 0.403 e. The minimum absolute atomic E-state index is 0.306. The van der Waals surface area contributed by atoms with Crippen LogP contribution in [0.25, 0.3) is 11.1 Å². The Balaban J connectivity index is 2.20. The molecule has 1 atom stereocenters. The van der Waals surface area contributed by atoms with E-state index >= 15 is 0 Å². The molecule has 0 saturated heterocycles. The van der Waals surface area contributed by atoms with Crippen LogP contribution >= 0.6 is 11.6 Å². The van der Waals surface area contributed by atoms with Crippen molar-refractivity contribution in [2.24, 2.45) is 0 Å². The maximum absolute atomic E-state index is 11.4. The minimum Gasteiger partial charge on any atom is -0.744 e. The van der Waals surface area contributed by atoms with Crippen molar-refractivity contribution in [1.29, 1.82) is 0 Å². The summed E-state index contributed by atoms with van der Waals surface area (Å²) in [7, 11) is -9.20. The zero-order chi connectivity index (χ0) is 19.3. The van der Waals surface area contributed by atoms with E-state index in [1.165, 1.54) is 24.3 Å². The SMILES string of the molecule is O=C(Cl)OCC1c2cc(S(=O)(=O)[O-])ccc2-c2ccc(S(=O)(=O)O)cc21. The molecule has 0 heterocycles. The molecule has 0 spiro atoms. The molecule has 0 bridgehead atoms. The quantitative estimate of drug-likeness (QED) is 0.590. The summed E-state index contributed by atoms with van der Waals surface area (Å²) >= 11 is 5.18. The molecule has 0 saturated carbocycles. The molecular weight excluding hydrogens is 408 g/mol. The van der Waals surface area contributed by atoms with E-state index in [-0.39, 0.29) is 11.5 Å². The molecule has 26 heavy (non-hydrogen) atoms. The number of fused-ring (bicyclic) bond motifs is 3. The minimum atomic E-state index is -4.72. The van der Waals surface area contributed by atoms with Crippen LogP contribution in [0.5, 0.6) is 0 Å². The molecule has 1 N–H and O–H groups in total. The molecule has 1 aliphatic carbocycles. The van der Waals surface area contributed by atoms with Gasteiger partial charge in [-0.3, -0.25) is 4.55 Å². The average molecular weight is 418 g/mol. The Labute approximate surface area is 153 Å². The van der Waals surface area contributed by atoms with Crippen LogP contribution in [0.15, 0.2) is 46.2 Å². The number of carbonyl (C=O) groups excluding carboxylic acids is 1. The Morgan fingerprint density at radius 2 is 1.54 bits per heavy atom. The number of carbonyl (C=O) groups is 1. The van der Waals surface area contributed by atoms with Crippen LogP contribution in [0.4, 0.5) is 4.79 Å². The van der Waals surface area contributed by atoms with Gasteiger partial charge in [-0.2, -0.15) is 8.42 Å². The van der Waals surface area contributed by atoms with Crippen LogP contribution in [0.3, 0.4) is 0 Å². The predicted octanol–water partition coefficient (Wildman–Crippen LogP) is 2.33. The van der Waals surface area contributed by atoms with Crippen molar-refractivity contribution in [3.8, 4) is 11.1 Å². The summed E-state index contributed by atoms with van der Waals surface area (Å²) in [6.07, 6.45) is 0. The van der Waals surface area contributed by atoms with Gasteiger partial charge in [0.2, 0.25) is 0 Å². The van der Waals surface area contributed by atoms with Crippen molar-refractivity contribution >= 4 is 37.3 Å². The van der Waals surface area contributed by atoms with E-state index in [1.807, 2.05) is 0 Å². The monoisotopic (exact) mass is 417 g/mol. The van der Waals surface area contributed by atoms with Gasteiger partial charge in [0.25, 0.3) is 10.1 Å². The van der Waals surface area contributed by atoms with E-state index in [2.05, 4.69) is 0 Å². The number of hydrogen-bond donors (Lipinski definition) is 1. The van der Waals surface area contributed by atoms with Crippen LogP contribution < -0.4 is 0 Å². The predicted molar refractivity (Wildman–Crippen MR) is 88.7 cm³/mol. The first-order valence-electron chi connectivity index (χ1n) is 7.02. The second-order valence-electron chi connectivity index (χ2n) is 5.53. The molecule has 0 aliphatic heterocycles. The standard InChI is InChI=1S/C15H11ClO8S2/c16-15(17)24-7-14-12-5-8(25(18,19)20)1-3-10(12)11-4-2-9(6-13(11)14)26(21,22)23/h1-6,14H,7H2,(H,18,19,20)(H,21,22,23)/p-1. The van der Waals surface area contributed by atoms with Gasteiger partial charge in [0.1, 0.15) is 16.7 Å². The summed E-state index contributed by atoms with van der Waals surface area (Å²) in [6.45, 7) is -0.306. The molecule has 3 rings (SSSR count). The maximum atomic E-state index is 11.4. The number of hydrogen-bond acceptors (Lipinski definition) is 7. The van der Waals surface area contributed by atoms with E-state index in [4.69, 9.17) is 16.3 Å². The normalized spacial score (nSPS) is 16.0. The van der Waals surface area contributed by atoms with E-state index in [1.54, 1.807) is 0 Å². The lowest BCUT2D eigenvalue weighted by atomic mass is 9.98. The third-order valence-corrected chi connectivity index (χ3v) is 5.83. The van der Waals surface area contributed by atoms with Crippen LogP contribution in [0.1, 0.15) is 17.0 Å². The van der Waals surface area contributed by atoms with Gasteiger partial charge in [0.05, 0.1) is 9.79 Å². The first kappa shape index (κ1) is 18.8. The summed E-state index contributed by atoms with van der Waals surface area (Å²) in [6, 6.07) is 7.52. The van der Waals surface area contributed by atoms with E-state index < -0.39 is 36.5 Å². The lowest BCUT2D eigenvalue weighted by Gasteiger charge is -2.15. The summed E-state index contributed by atoms with van der Waals surface area (Å²) in [4.78, 5) is 10.1. The first-order chi connectivity index (χ1) is 12.0. The highest BCUT2D eigenvalue weighted by Gasteiger charge is 2.31. The molecule has 1 aliphatic rings. The summed E-state index contributed by atoms with van der Waals surface area (Å²) < 4.78 is 70.7. The van der Waals surface area contributed by atoms with Crippen LogP contribution in [0.2, 0.25) is 0 Å². The zero-order valence-corrected chi connectivity index (χ0v) is 15.1. The van der Waals surface area contributed by atoms with Gasteiger partial charge in [-0.05, 0) is 46.5 Å². The average Bonchev–Trinajstić information content (AvgIpc) is 2.83. The van der Waals surface area contributed by atoms with Gasteiger partial charge in [0, 0.05) is 17.5 Å². The van der Waals surface area contributed by atoms with Gasteiger partial charge < -0.3 is 9.29 Å². The highest BCUT2D eigenvalue weighted by Crippen LogP contribution is 2.46. The van der Waals surface area contributed by atoms with Gasteiger partial charge in [-0.25, -0.2) is 13.2 Å². The van der Waals surface area contributed by atoms with E-state index in [9.17, 15) is 30.7 Å². The molecule has 0 radical (unpaired) electrons. The number of rotatable bonds is 4. The molecule has 11 heteroatoms. The molecule has 0 amide bonds. The van der Waals surface area contributed by atoms with Crippen molar-refractivity contribution in [3.05, 3.63) is 47.5 Å². The fourth-order valence-electron chi connectivity index (χ4n) is 2.96. The first-order valence-corrected chi connectivity index (χ1v) is 10.2. The highest BCUT2D eigenvalue weighted by molar-refractivity contribution is 7.86. The van der Waals surface area contributed by atoms with Crippen molar-refractivity contribution in [2.45, 2.75) is 15.7 Å². The highest BCUT2D eigenvalue weighted by atomic mass is 35.5. The Bertz CT molecular complexity index is 1040. The van der Waals surface area contributed by atoms with E-state index in [0.717, 1.165) is 12.1 Å². The van der Waals surface area contributed by atoms with Crippen LogP contribution in [-0.4, -0.2) is 38.0 Å². The van der Waals surface area contributed by atoms with Crippen molar-refractivity contribution in [1.82, 2.24) is 0 Å². The fourth-order valence-corrected chi connectivity index (χ4v) is 4.05. The molecule has 1 unspecified atom stereocenters. The molecule has 0 aromatic heterocycles. The Kier molecular flexibility index (Phi) is 4.57. The second kappa shape index (κ2) is 6.32. The molecule has 8 nitrogen and oxygen atoms in total. The fraction of sp³-hybridized carbons (Fsp3) is 0.133. The summed E-state index contributed by atoms with van der Waals surface area (Å²) in [5.41, 5.74) is 0.747. The number of benzene rings is 2. The summed E-state index contributed by atoms with van der Waals surface area (Å²) in [5.74, 6) is -0.758. The zero-order valence-electron chi connectivity index (χ0n) is 12.7. The third kappa shape index (κ3) is 3.46. The van der Waals surface area contributed by atoms with E-state index in [0.29, 0.717) is 22.3 Å². The van der Waals surface area contributed by atoms with Crippen molar-refractivity contribution < 1.29 is 35.5 Å². The van der Waals surface area contributed by atoms with Crippen molar-refractivity contribution in [2.75, 3.05) is 6.61 Å². The van der Waals surface area contributed by atoms with Gasteiger partial charge in [-0.1, -0.05) is 12.1 Å². The van der Waals surface area contributed by atoms with Gasteiger partial charge in [-0.15, -0.1) is 0 Å². The van der Waals surface area contributed by atoms with Crippen LogP contribution in [-0.2, 0) is 25.0 Å². The maximum Gasteiger partial charge on any atom is 0.403 e. The van der Waals surface area contributed by atoms with Crippen LogP contribution in [0, 0.1) is 0 Å². The Morgan fingerprint density at radius 3 is 2.00 bits per heavy atom. The number of halogens is 1. The molecular formula is C15H10ClO8S2-. The lowest BCUT2D eigenvalue weighted by Crippen LogP contribution is -2.10. The molecule has 0 fully saturated rings. The molecule has 2 aromatic carbocycles.